The van der Waals surface area contributed by atoms with Gasteiger partial charge in [0.15, 0.2) is 5.78 Å². The lowest BCUT2D eigenvalue weighted by Gasteiger charge is -2.45. The van der Waals surface area contributed by atoms with Gasteiger partial charge in [-0.1, -0.05) is 68.5 Å². The van der Waals surface area contributed by atoms with Crippen molar-refractivity contribution in [2.24, 2.45) is 11.8 Å². The number of allylic oxidation sites excluding steroid dienone is 2. The van der Waals surface area contributed by atoms with Crippen LogP contribution in [0.25, 0.3) is 28.1 Å². The summed E-state index contributed by atoms with van der Waals surface area (Å²) in [5.41, 5.74) is 7.13. The highest BCUT2D eigenvalue weighted by atomic mass is 16.1. The Kier molecular flexibility index (Phi) is 5.19. The third-order valence-electron chi connectivity index (χ3n) is 7.95. The zero-order valence-electron chi connectivity index (χ0n) is 20.3. The van der Waals surface area contributed by atoms with Crippen molar-refractivity contribution in [3.8, 4) is 34.1 Å². The zero-order chi connectivity index (χ0) is 24.9. The van der Waals surface area contributed by atoms with Gasteiger partial charge in [0, 0.05) is 40.4 Å². The number of nitrogens with zero attached hydrogens (tertiary/aromatic N) is 4. The van der Waals surface area contributed by atoms with Crippen molar-refractivity contribution in [3.05, 3.63) is 102 Å². The Labute approximate surface area is 210 Å². The molecule has 2 aliphatic rings. The molecule has 0 saturated heterocycles. The van der Waals surface area contributed by atoms with Gasteiger partial charge in [0.25, 0.3) is 0 Å². The summed E-state index contributed by atoms with van der Waals surface area (Å²) in [7, 11) is 0. The number of hydrogen-bond donors (Lipinski definition) is 0. The molecule has 176 valence electrons. The molecule has 2 aromatic heterocycles. The second kappa shape index (κ2) is 8.42. The molecule has 0 saturated carbocycles. The Morgan fingerprint density at radius 3 is 2.56 bits per heavy atom. The van der Waals surface area contributed by atoms with Crippen LogP contribution in [0.1, 0.15) is 31.5 Å². The van der Waals surface area contributed by atoms with Crippen molar-refractivity contribution >= 4 is 5.78 Å². The standard InChI is InChI=1S/C31H26N4O/c1-20-27-14-13-26-28(21-8-4-3-5-9-21)34-35(30(26)31(27,2)17-24(18-32)29(20)36)25-12-6-10-22(16-25)23-11-7-15-33-19-23/h3-12,15-17,19-20,27H,13-14H2,1-2H3/t20-,27-,31-/m1/s1. The molecule has 0 aliphatic heterocycles. The fraction of sp³-hybridized carbons (Fsp3) is 0.226. The number of aromatic nitrogens is 3. The van der Waals surface area contributed by atoms with Gasteiger partial charge in [-0.05, 0) is 42.5 Å². The molecule has 3 atom stereocenters. The Hall–Kier alpha value is -4.30. The molecule has 2 aliphatic carbocycles. The van der Waals surface area contributed by atoms with Crippen LogP contribution >= 0.6 is 0 Å². The lowest BCUT2D eigenvalue weighted by atomic mass is 9.57. The molecule has 0 fully saturated rings. The molecule has 2 heterocycles. The second-order valence-corrected chi connectivity index (χ2v) is 10.00. The average molecular weight is 471 g/mol. The lowest BCUT2D eigenvalue weighted by Crippen LogP contribution is -2.46. The highest BCUT2D eigenvalue weighted by Crippen LogP contribution is 2.52. The predicted molar refractivity (Wildman–Crippen MR) is 139 cm³/mol. The quantitative estimate of drug-likeness (QED) is 0.363. The third kappa shape index (κ3) is 3.33. The number of Topliss-reactive ketones (excluding diaryl/α,β-unsaturated/α-hetero) is 1. The van der Waals surface area contributed by atoms with Gasteiger partial charge < -0.3 is 0 Å². The summed E-state index contributed by atoms with van der Waals surface area (Å²) in [5.74, 6) is -0.153. The van der Waals surface area contributed by atoms with E-state index in [0.717, 1.165) is 46.6 Å². The Morgan fingerprint density at radius 2 is 1.81 bits per heavy atom. The molecule has 0 N–H and O–H groups in total. The van der Waals surface area contributed by atoms with Crippen LogP contribution in [-0.2, 0) is 16.6 Å². The molecule has 4 aromatic rings. The maximum Gasteiger partial charge on any atom is 0.176 e. The summed E-state index contributed by atoms with van der Waals surface area (Å²) in [6, 6.07) is 24.8. The van der Waals surface area contributed by atoms with E-state index >= 15 is 0 Å². The van der Waals surface area contributed by atoms with Crippen LogP contribution < -0.4 is 0 Å². The van der Waals surface area contributed by atoms with Gasteiger partial charge in [-0.2, -0.15) is 10.4 Å². The van der Waals surface area contributed by atoms with Crippen LogP contribution in [0.4, 0.5) is 0 Å². The van der Waals surface area contributed by atoms with E-state index in [0.29, 0.717) is 0 Å². The number of fused-ring (bicyclic) bond motifs is 3. The molecule has 2 aromatic carbocycles. The third-order valence-corrected chi connectivity index (χ3v) is 7.95. The summed E-state index contributed by atoms with van der Waals surface area (Å²) in [6.07, 6.45) is 7.27. The number of ketones is 1. The largest absolute Gasteiger partial charge is 0.293 e. The van der Waals surface area contributed by atoms with Gasteiger partial charge in [-0.25, -0.2) is 4.68 Å². The maximum absolute atomic E-state index is 12.9. The Bertz CT molecular complexity index is 1540. The summed E-state index contributed by atoms with van der Waals surface area (Å²) < 4.78 is 2.05. The molecule has 5 nitrogen and oxygen atoms in total. The van der Waals surface area contributed by atoms with Crippen molar-refractivity contribution in [2.75, 3.05) is 0 Å². The fourth-order valence-electron chi connectivity index (χ4n) is 6.21. The fourth-order valence-corrected chi connectivity index (χ4v) is 6.21. The summed E-state index contributed by atoms with van der Waals surface area (Å²) in [5, 5.41) is 15.0. The topological polar surface area (TPSA) is 71.6 Å². The summed E-state index contributed by atoms with van der Waals surface area (Å²) in [4.78, 5) is 17.2. The van der Waals surface area contributed by atoms with E-state index in [-0.39, 0.29) is 23.2 Å². The molecular weight excluding hydrogens is 444 g/mol. The number of benzene rings is 2. The molecular formula is C31H26N4O. The molecule has 0 bridgehead atoms. The van der Waals surface area contributed by atoms with Gasteiger partial charge in [-0.15, -0.1) is 0 Å². The molecule has 36 heavy (non-hydrogen) atoms. The molecule has 0 unspecified atom stereocenters. The van der Waals surface area contributed by atoms with E-state index in [1.54, 1.807) is 6.20 Å². The smallest absolute Gasteiger partial charge is 0.176 e. The number of pyridine rings is 1. The lowest BCUT2D eigenvalue weighted by molar-refractivity contribution is -0.121. The van der Waals surface area contributed by atoms with Crippen molar-refractivity contribution in [1.82, 2.24) is 14.8 Å². The van der Waals surface area contributed by atoms with E-state index in [2.05, 4.69) is 53.0 Å². The minimum Gasteiger partial charge on any atom is -0.293 e. The zero-order valence-corrected chi connectivity index (χ0v) is 20.3. The molecule has 0 spiro atoms. The second-order valence-electron chi connectivity index (χ2n) is 10.00. The van der Waals surface area contributed by atoms with Crippen LogP contribution in [0, 0.1) is 23.2 Å². The van der Waals surface area contributed by atoms with Crippen molar-refractivity contribution < 1.29 is 4.79 Å². The van der Waals surface area contributed by atoms with E-state index in [9.17, 15) is 10.1 Å². The molecule has 0 radical (unpaired) electrons. The Morgan fingerprint density at radius 1 is 1.03 bits per heavy atom. The average Bonchev–Trinajstić information content (AvgIpc) is 3.33. The van der Waals surface area contributed by atoms with E-state index in [4.69, 9.17) is 5.10 Å². The Balaban J connectivity index is 1.62. The number of hydrogen-bond acceptors (Lipinski definition) is 4. The first-order valence-corrected chi connectivity index (χ1v) is 12.4. The van der Waals surface area contributed by atoms with Crippen LogP contribution in [-0.4, -0.2) is 20.5 Å². The van der Waals surface area contributed by atoms with E-state index in [1.807, 2.05) is 55.6 Å². The molecule has 6 rings (SSSR count). The highest BCUT2D eigenvalue weighted by molar-refractivity contribution is 6.02. The van der Waals surface area contributed by atoms with Gasteiger partial charge >= 0.3 is 0 Å². The van der Waals surface area contributed by atoms with Gasteiger partial charge in [-0.3, -0.25) is 9.78 Å². The summed E-state index contributed by atoms with van der Waals surface area (Å²) in [6.45, 7) is 4.15. The van der Waals surface area contributed by atoms with Crippen molar-refractivity contribution in [3.63, 3.8) is 0 Å². The first kappa shape index (κ1) is 22.2. The minimum atomic E-state index is -0.490. The van der Waals surface area contributed by atoms with Gasteiger partial charge in [0.05, 0.1) is 22.6 Å². The first-order chi connectivity index (χ1) is 17.5. The van der Waals surface area contributed by atoms with Crippen LogP contribution in [0.2, 0.25) is 0 Å². The number of carbonyl (C=O) groups is 1. The van der Waals surface area contributed by atoms with E-state index < -0.39 is 5.41 Å². The number of carbonyl (C=O) groups excluding carboxylic acids is 1. The summed E-state index contributed by atoms with van der Waals surface area (Å²) >= 11 is 0. The van der Waals surface area contributed by atoms with Gasteiger partial charge in [0.1, 0.15) is 6.07 Å². The van der Waals surface area contributed by atoms with Crippen LogP contribution in [0.15, 0.2) is 90.8 Å². The maximum atomic E-state index is 12.9. The number of rotatable bonds is 3. The highest BCUT2D eigenvalue weighted by Gasteiger charge is 2.50. The predicted octanol–water partition coefficient (Wildman–Crippen LogP) is 6.09. The minimum absolute atomic E-state index is 0.0450. The number of nitriles is 1. The first-order valence-electron chi connectivity index (χ1n) is 12.4. The van der Waals surface area contributed by atoms with E-state index in [1.165, 1.54) is 5.56 Å². The SMILES string of the molecule is C[C@H]1C(=O)C(C#N)=C[C@@]2(C)c3c(c(-c4ccccc4)nn3-c3cccc(-c4cccnc4)c3)CC[C@H]12. The normalized spacial score (nSPS) is 22.8. The van der Waals surface area contributed by atoms with Crippen LogP contribution in [0.5, 0.6) is 0 Å². The molecule has 5 heteroatoms. The van der Waals surface area contributed by atoms with Gasteiger partial charge in [0.2, 0.25) is 0 Å². The molecule has 0 amide bonds. The van der Waals surface area contributed by atoms with Crippen molar-refractivity contribution in [2.45, 2.75) is 32.1 Å². The monoisotopic (exact) mass is 470 g/mol. The van der Waals surface area contributed by atoms with Crippen LogP contribution in [0.3, 0.4) is 0 Å². The van der Waals surface area contributed by atoms with Crippen molar-refractivity contribution in [1.29, 1.82) is 5.26 Å².